The molecule has 11 nitrogen and oxygen atoms in total. The molecule has 2 aromatic carbocycles. The molecule has 192 valence electrons. The van der Waals surface area contributed by atoms with Gasteiger partial charge in [0, 0.05) is 30.1 Å². The van der Waals surface area contributed by atoms with Crippen LogP contribution in [0.25, 0.3) is 0 Å². The maximum absolute atomic E-state index is 14.0. The van der Waals surface area contributed by atoms with Crippen LogP contribution in [0.15, 0.2) is 70.9 Å². The number of ether oxygens (including phenoxy) is 2. The highest BCUT2D eigenvalue weighted by Gasteiger charge is 2.38. The van der Waals surface area contributed by atoms with Gasteiger partial charge in [-0.2, -0.15) is 5.26 Å². The smallest absolute Gasteiger partial charge is 0.338 e. The third-order valence-electron chi connectivity index (χ3n) is 5.66. The molecule has 0 radical (unpaired) electrons. The van der Waals surface area contributed by atoms with E-state index in [4.69, 9.17) is 14.7 Å². The molecule has 37 heavy (non-hydrogen) atoms. The minimum absolute atomic E-state index is 0.00506. The first-order valence-electron chi connectivity index (χ1n) is 11.6. The molecule has 0 bridgehead atoms. The topological polar surface area (TPSA) is 147 Å². The zero-order chi connectivity index (χ0) is 26.8. The monoisotopic (exact) mass is 505 g/mol. The second kappa shape index (κ2) is 12.8. The van der Waals surface area contributed by atoms with Crippen molar-refractivity contribution >= 4 is 29.3 Å². The van der Waals surface area contributed by atoms with Crippen molar-refractivity contribution in [3.8, 4) is 6.07 Å². The van der Waals surface area contributed by atoms with E-state index in [1.807, 2.05) is 36.4 Å². The Morgan fingerprint density at radius 3 is 2.49 bits per heavy atom. The first-order valence-corrected chi connectivity index (χ1v) is 11.6. The number of nitrogens with zero attached hydrogens (tertiary/aromatic N) is 4. The molecule has 2 aromatic rings. The van der Waals surface area contributed by atoms with E-state index in [2.05, 4.69) is 10.3 Å². The molecule has 0 aliphatic carbocycles. The highest BCUT2D eigenvalue weighted by molar-refractivity contribution is 6.08. The Morgan fingerprint density at radius 2 is 1.89 bits per heavy atom. The predicted octanol–water partition coefficient (Wildman–Crippen LogP) is 3.27. The number of non-ortho nitro benzene ring substituents is 1. The standard InChI is InChI=1S/C26H27N5O6/c1-3-21-22(25(33)37-17-7-15-27)23(29-26(28-21)36-2)24(32)30(16-14-18-8-5-4-6-9-18)19-10-12-20(13-11-19)31(34)35/h4-6,8-13,23H,3,7,14,16-17H2,1-2H3,(H,28,29). The first kappa shape index (κ1) is 26.9. The molecule has 1 amide bonds. The number of rotatable bonds is 10. The van der Waals surface area contributed by atoms with Crippen LogP contribution in [0.4, 0.5) is 11.4 Å². The number of methoxy groups -OCH3 is 1. The molecule has 0 aromatic heterocycles. The summed E-state index contributed by atoms with van der Waals surface area (Å²) in [5, 5.41) is 22.9. The van der Waals surface area contributed by atoms with E-state index in [0.29, 0.717) is 24.2 Å². The lowest BCUT2D eigenvalue weighted by atomic mass is 10.00. The lowest BCUT2D eigenvalue weighted by Gasteiger charge is -2.30. The van der Waals surface area contributed by atoms with Crippen LogP contribution >= 0.6 is 0 Å². The van der Waals surface area contributed by atoms with Gasteiger partial charge in [-0.15, -0.1) is 0 Å². The summed E-state index contributed by atoms with van der Waals surface area (Å²) >= 11 is 0. The van der Waals surface area contributed by atoms with E-state index in [1.165, 1.54) is 36.3 Å². The van der Waals surface area contributed by atoms with Gasteiger partial charge in [-0.1, -0.05) is 37.3 Å². The molecule has 0 saturated carbocycles. The van der Waals surface area contributed by atoms with Gasteiger partial charge < -0.3 is 19.7 Å². The van der Waals surface area contributed by atoms with Crippen molar-refractivity contribution in [2.24, 2.45) is 4.99 Å². The van der Waals surface area contributed by atoms with Crippen molar-refractivity contribution < 1.29 is 24.0 Å². The SMILES string of the molecule is CCC1=C(C(=O)OCCC#N)C(C(=O)N(CCc2ccccc2)c2ccc([N+](=O)[O-])cc2)N=C(OC)N1. The van der Waals surface area contributed by atoms with Gasteiger partial charge in [0.05, 0.1) is 30.1 Å². The third-order valence-corrected chi connectivity index (χ3v) is 5.66. The summed E-state index contributed by atoms with van der Waals surface area (Å²) < 4.78 is 10.5. The van der Waals surface area contributed by atoms with Gasteiger partial charge in [-0.3, -0.25) is 14.9 Å². The second-order valence-electron chi connectivity index (χ2n) is 7.95. The summed E-state index contributed by atoms with van der Waals surface area (Å²) in [5.74, 6) is -1.29. The Balaban J connectivity index is 2.01. The van der Waals surface area contributed by atoms with E-state index in [-0.39, 0.29) is 36.9 Å². The van der Waals surface area contributed by atoms with Crippen LogP contribution in [0.5, 0.6) is 0 Å². The number of hydrogen-bond acceptors (Lipinski definition) is 9. The minimum atomic E-state index is -1.29. The molecular formula is C26H27N5O6. The summed E-state index contributed by atoms with van der Waals surface area (Å²) in [5.41, 5.74) is 1.72. The number of allylic oxidation sites excluding steroid dienone is 1. The fourth-order valence-electron chi connectivity index (χ4n) is 3.79. The number of amidine groups is 1. The van der Waals surface area contributed by atoms with Crippen molar-refractivity contribution in [1.82, 2.24) is 5.32 Å². The maximum Gasteiger partial charge on any atom is 0.338 e. The minimum Gasteiger partial charge on any atom is -0.468 e. The van der Waals surface area contributed by atoms with Crippen molar-refractivity contribution in [2.75, 3.05) is 25.2 Å². The molecule has 0 saturated heterocycles. The Morgan fingerprint density at radius 1 is 1.19 bits per heavy atom. The number of carbonyl (C=O) groups excluding carboxylic acids is 2. The van der Waals surface area contributed by atoms with E-state index in [1.54, 1.807) is 6.92 Å². The summed E-state index contributed by atoms with van der Waals surface area (Å²) in [6, 6.07) is 15.8. The van der Waals surface area contributed by atoms with E-state index in [0.717, 1.165) is 5.56 Å². The molecule has 3 rings (SSSR count). The highest BCUT2D eigenvalue weighted by Crippen LogP contribution is 2.26. The number of carbonyl (C=O) groups is 2. The molecular weight excluding hydrogens is 478 g/mol. The molecule has 11 heteroatoms. The van der Waals surface area contributed by atoms with E-state index < -0.39 is 22.8 Å². The number of nitro groups is 1. The van der Waals surface area contributed by atoms with Crippen LogP contribution in [0.2, 0.25) is 0 Å². The second-order valence-corrected chi connectivity index (χ2v) is 7.95. The number of benzene rings is 2. The van der Waals surface area contributed by atoms with Crippen LogP contribution < -0.4 is 10.2 Å². The Kier molecular flexibility index (Phi) is 9.32. The molecule has 1 unspecified atom stereocenters. The summed E-state index contributed by atoms with van der Waals surface area (Å²) in [6.07, 6.45) is 0.850. The number of nitrogens with one attached hydrogen (secondary N) is 1. The Bertz CT molecular complexity index is 1230. The van der Waals surface area contributed by atoms with Gasteiger partial charge in [-0.25, -0.2) is 9.79 Å². The summed E-state index contributed by atoms with van der Waals surface area (Å²) in [7, 11) is 1.39. The van der Waals surface area contributed by atoms with Gasteiger partial charge in [-0.05, 0) is 30.5 Å². The fourth-order valence-corrected chi connectivity index (χ4v) is 3.79. The summed E-state index contributed by atoms with van der Waals surface area (Å²) in [6.45, 7) is 1.90. The van der Waals surface area contributed by atoms with Crippen molar-refractivity contribution in [3.05, 3.63) is 81.5 Å². The van der Waals surface area contributed by atoms with Gasteiger partial charge in [0.1, 0.15) is 6.61 Å². The third kappa shape index (κ3) is 6.70. The zero-order valence-corrected chi connectivity index (χ0v) is 20.5. The summed E-state index contributed by atoms with van der Waals surface area (Å²) in [4.78, 5) is 43.4. The first-order chi connectivity index (χ1) is 17.9. The number of amides is 1. The fraction of sp³-hybridized carbons (Fsp3) is 0.308. The molecule has 1 N–H and O–H groups in total. The molecule has 1 aliphatic heterocycles. The van der Waals surface area contributed by atoms with Gasteiger partial charge >= 0.3 is 5.97 Å². The quantitative estimate of drug-likeness (QED) is 0.224. The van der Waals surface area contributed by atoms with Gasteiger partial charge in [0.2, 0.25) is 0 Å². The predicted molar refractivity (Wildman–Crippen MR) is 135 cm³/mol. The zero-order valence-electron chi connectivity index (χ0n) is 20.5. The van der Waals surface area contributed by atoms with Crippen LogP contribution in [0, 0.1) is 21.4 Å². The number of nitriles is 1. The Hall–Kier alpha value is -4.72. The molecule has 0 fully saturated rings. The average Bonchev–Trinajstić information content (AvgIpc) is 2.93. The number of anilines is 1. The van der Waals surface area contributed by atoms with Crippen LogP contribution in [-0.4, -0.2) is 49.1 Å². The molecule has 1 atom stereocenters. The molecule has 1 aliphatic rings. The van der Waals surface area contributed by atoms with Crippen LogP contribution in [-0.2, 0) is 25.5 Å². The molecule has 1 heterocycles. The van der Waals surface area contributed by atoms with Crippen molar-refractivity contribution in [2.45, 2.75) is 32.2 Å². The lowest BCUT2D eigenvalue weighted by Crippen LogP contribution is -2.47. The highest BCUT2D eigenvalue weighted by atomic mass is 16.6. The molecule has 0 spiro atoms. The lowest BCUT2D eigenvalue weighted by molar-refractivity contribution is -0.384. The van der Waals surface area contributed by atoms with E-state index in [9.17, 15) is 19.7 Å². The number of hydrogen-bond donors (Lipinski definition) is 1. The average molecular weight is 506 g/mol. The van der Waals surface area contributed by atoms with Crippen molar-refractivity contribution in [1.29, 1.82) is 5.26 Å². The van der Waals surface area contributed by atoms with Crippen LogP contribution in [0.3, 0.4) is 0 Å². The number of aliphatic imine (C=N–C) groups is 1. The van der Waals surface area contributed by atoms with Gasteiger partial charge in [0.25, 0.3) is 17.6 Å². The largest absolute Gasteiger partial charge is 0.468 e. The maximum atomic E-state index is 14.0. The van der Waals surface area contributed by atoms with Gasteiger partial charge in [0.15, 0.2) is 6.04 Å². The van der Waals surface area contributed by atoms with Crippen LogP contribution in [0.1, 0.15) is 25.3 Å². The van der Waals surface area contributed by atoms with E-state index >= 15 is 0 Å². The Labute approximate surface area is 214 Å². The van der Waals surface area contributed by atoms with Crippen molar-refractivity contribution in [3.63, 3.8) is 0 Å². The number of nitro benzene ring substituents is 1. The normalized spacial score (nSPS) is 14.6. The number of esters is 1.